The SMILES string of the molecule is Fc1cc(OC(F)(F)F)c(Br)nc1I. The van der Waals surface area contributed by atoms with Gasteiger partial charge in [0.15, 0.2) is 11.6 Å². The Morgan fingerprint density at radius 3 is 2.50 bits per heavy atom. The molecule has 0 N–H and O–H groups in total. The highest BCUT2D eigenvalue weighted by atomic mass is 127. The molecular weight excluding hydrogens is 385 g/mol. The van der Waals surface area contributed by atoms with E-state index in [4.69, 9.17) is 0 Å². The lowest BCUT2D eigenvalue weighted by Gasteiger charge is -2.10. The molecule has 78 valence electrons. The van der Waals surface area contributed by atoms with E-state index in [9.17, 15) is 17.6 Å². The molecule has 0 unspecified atom stereocenters. The van der Waals surface area contributed by atoms with Crippen LogP contribution in [0.2, 0.25) is 0 Å². The van der Waals surface area contributed by atoms with Crippen LogP contribution in [0.1, 0.15) is 0 Å². The first-order chi connectivity index (χ1) is 6.29. The standard InChI is InChI=1S/C6HBrF4INO/c7-4-3(14-6(9,10)11)1-2(8)5(12)13-4/h1H. The summed E-state index contributed by atoms with van der Waals surface area (Å²) in [4.78, 5) is 3.46. The van der Waals surface area contributed by atoms with Gasteiger partial charge in [-0.3, -0.25) is 0 Å². The fraction of sp³-hybridized carbons (Fsp3) is 0.167. The molecule has 0 aliphatic heterocycles. The third-order valence-electron chi connectivity index (χ3n) is 1.08. The summed E-state index contributed by atoms with van der Waals surface area (Å²) in [6, 6.07) is 0.617. The molecule has 0 atom stereocenters. The van der Waals surface area contributed by atoms with Gasteiger partial charge in [0, 0.05) is 6.07 Å². The highest BCUT2D eigenvalue weighted by Crippen LogP contribution is 2.30. The van der Waals surface area contributed by atoms with Crippen molar-refractivity contribution in [1.82, 2.24) is 4.98 Å². The number of hydrogen-bond acceptors (Lipinski definition) is 2. The van der Waals surface area contributed by atoms with Gasteiger partial charge in [0.05, 0.1) is 0 Å². The molecule has 8 heteroatoms. The zero-order chi connectivity index (χ0) is 10.9. The number of alkyl halides is 3. The van der Waals surface area contributed by atoms with Gasteiger partial charge in [0.2, 0.25) is 0 Å². The van der Waals surface area contributed by atoms with Crippen LogP contribution < -0.4 is 4.74 Å². The van der Waals surface area contributed by atoms with Crippen LogP contribution in [0, 0.1) is 9.52 Å². The zero-order valence-corrected chi connectivity index (χ0v) is 9.94. The maximum atomic E-state index is 12.8. The van der Waals surface area contributed by atoms with Gasteiger partial charge in [-0.25, -0.2) is 9.37 Å². The molecule has 0 radical (unpaired) electrons. The molecule has 0 fully saturated rings. The number of aromatic nitrogens is 1. The van der Waals surface area contributed by atoms with Crippen LogP contribution in [0.25, 0.3) is 0 Å². The Labute approximate surface area is 97.9 Å². The van der Waals surface area contributed by atoms with E-state index in [1.165, 1.54) is 0 Å². The Kier molecular flexibility index (Phi) is 3.56. The summed E-state index contributed by atoms with van der Waals surface area (Å²) >= 11 is 4.28. The van der Waals surface area contributed by atoms with Crippen LogP contribution in [0.15, 0.2) is 10.7 Å². The average Bonchev–Trinajstić information content (AvgIpc) is 1.97. The first-order valence-corrected chi connectivity index (χ1v) is 4.94. The number of nitrogens with zero attached hydrogens (tertiary/aromatic N) is 1. The predicted octanol–water partition coefficient (Wildman–Crippen LogP) is 3.49. The lowest BCUT2D eigenvalue weighted by atomic mass is 10.4. The Bertz CT molecular complexity index is 356. The summed E-state index contributed by atoms with van der Waals surface area (Å²) in [6.45, 7) is 0. The van der Waals surface area contributed by atoms with Crippen molar-refractivity contribution in [1.29, 1.82) is 0 Å². The van der Waals surface area contributed by atoms with Crippen LogP contribution in [0.4, 0.5) is 17.6 Å². The molecule has 0 aromatic carbocycles. The highest BCUT2D eigenvalue weighted by Gasteiger charge is 2.32. The lowest BCUT2D eigenvalue weighted by Crippen LogP contribution is -2.18. The molecule has 0 saturated carbocycles. The summed E-state index contributed by atoms with van der Waals surface area (Å²) in [5.41, 5.74) is 0. The molecule has 0 bridgehead atoms. The molecule has 1 aromatic heterocycles. The number of ether oxygens (including phenoxy) is 1. The maximum Gasteiger partial charge on any atom is 0.573 e. The van der Waals surface area contributed by atoms with Gasteiger partial charge in [0.1, 0.15) is 8.30 Å². The summed E-state index contributed by atoms with van der Waals surface area (Å²) < 4.78 is 51.4. The first kappa shape index (κ1) is 12.0. The average molecular weight is 386 g/mol. The van der Waals surface area contributed by atoms with E-state index in [2.05, 4.69) is 25.7 Å². The molecular formula is C6HBrF4INO. The lowest BCUT2D eigenvalue weighted by molar-refractivity contribution is -0.275. The van der Waals surface area contributed by atoms with Crippen molar-refractivity contribution in [3.8, 4) is 5.75 Å². The van der Waals surface area contributed by atoms with Gasteiger partial charge in [-0.15, -0.1) is 13.2 Å². The maximum absolute atomic E-state index is 12.8. The molecule has 0 aliphatic rings. The molecule has 1 aromatic rings. The van der Waals surface area contributed by atoms with Crippen molar-refractivity contribution >= 4 is 38.5 Å². The van der Waals surface area contributed by atoms with Crippen molar-refractivity contribution < 1.29 is 22.3 Å². The van der Waals surface area contributed by atoms with Gasteiger partial charge in [-0.1, -0.05) is 0 Å². The summed E-state index contributed by atoms with van der Waals surface area (Å²) in [6.07, 6.45) is -4.86. The Morgan fingerprint density at radius 2 is 2.00 bits per heavy atom. The fourth-order valence-electron chi connectivity index (χ4n) is 0.625. The van der Waals surface area contributed by atoms with Crippen molar-refractivity contribution in [2.24, 2.45) is 0 Å². The topological polar surface area (TPSA) is 22.1 Å². The minimum Gasteiger partial charge on any atom is -0.403 e. The molecule has 0 aliphatic carbocycles. The number of pyridine rings is 1. The van der Waals surface area contributed by atoms with Crippen molar-refractivity contribution in [2.75, 3.05) is 0 Å². The monoisotopic (exact) mass is 385 g/mol. The first-order valence-electron chi connectivity index (χ1n) is 3.07. The Balaban J connectivity index is 3.04. The predicted molar refractivity (Wildman–Crippen MR) is 51.3 cm³/mol. The van der Waals surface area contributed by atoms with E-state index in [-0.39, 0.29) is 8.30 Å². The second-order valence-electron chi connectivity index (χ2n) is 2.10. The van der Waals surface area contributed by atoms with E-state index < -0.39 is 17.9 Å². The van der Waals surface area contributed by atoms with Gasteiger partial charge in [-0.05, 0) is 38.5 Å². The third kappa shape index (κ3) is 3.23. The highest BCUT2D eigenvalue weighted by molar-refractivity contribution is 14.1. The van der Waals surface area contributed by atoms with E-state index in [0.717, 1.165) is 0 Å². The molecule has 0 amide bonds. The Morgan fingerprint density at radius 1 is 1.43 bits per heavy atom. The molecule has 0 saturated heterocycles. The molecule has 1 rings (SSSR count). The van der Waals surface area contributed by atoms with Crippen LogP contribution >= 0.6 is 38.5 Å². The minimum atomic E-state index is -4.86. The van der Waals surface area contributed by atoms with Gasteiger partial charge in [0.25, 0.3) is 0 Å². The third-order valence-corrected chi connectivity index (χ3v) is 2.40. The van der Waals surface area contributed by atoms with Gasteiger partial charge < -0.3 is 4.74 Å². The van der Waals surface area contributed by atoms with Crippen molar-refractivity contribution in [3.05, 3.63) is 20.2 Å². The normalized spacial score (nSPS) is 11.6. The second kappa shape index (κ2) is 4.17. The summed E-state index contributed by atoms with van der Waals surface area (Å²) in [7, 11) is 0. The van der Waals surface area contributed by atoms with Crippen molar-refractivity contribution in [2.45, 2.75) is 6.36 Å². The van der Waals surface area contributed by atoms with E-state index in [0.29, 0.717) is 6.07 Å². The zero-order valence-electron chi connectivity index (χ0n) is 6.20. The van der Waals surface area contributed by atoms with Crippen molar-refractivity contribution in [3.63, 3.8) is 0 Å². The number of hydrogen-bond donors (Lipinski definition) is 0. The van der Waals surface area contributed by atoms with Gasteiger partial charge >= 0.3 is 6.36 Å². The molecule has 0 spiro atoms. The molecule has 14 heavy (non-hydrogen) atoms. The van der Waals surface area contributed by atoms with Crippen LogP contribution in [0.3, 0.4) is 0 Å². The molecule has 1 heterocycles. The van der Waals surface area contributed by atoms with Crippen LogP contribution in [-0.4, -0.2) is 11.3 Å². The number of halogens is 6. The van der Waals surface area contributed by atoms with E-state index in [1.807, 2.05) is 0 Å². The fourth-order valence-corrected chi connectivity index (χ4v) is 1.73. The minimum absolute atomic E-state index is 0.0380. The summed E-state index contributed by atoms with van der Waals surface area (Å²) in [5.74, 6) is -1.57. The quantitative estimate of drug-likeness (QED) is 0.419. The second-order valence-corrected chi connectivity index (χ2v) is 3.87. The Hall–Kier alpha value is -0.120. The van der Waals surface area contributed by atoms with E-state index in [1.54, 1.807) is 22.6 Å². The van der Waals surface area contributed by atoms with E-state index >= 15 is 0 Å². The largest absolute Gasteiger partial charge is 0.573 e. The number of rotatable bonds is 1. The van der Waals surface area contributed by atoms with Gasteiger partial charge in [-0.2, -0.15) is 0 Å². The van der Waals surface area contributed by atoms with Crippen LogP contribution in [0.5, 0.6) is 5.75 Å². The smallest absolute Gasteiger partial charge is 0.403 e. The van der Waals surface area contributed by atoms with Crippen LogP contribution in [-0.2, 0) is 0 Å². The summed E-state index contributed by atoms with van der Waals surface area (Å²) in [5, 5.41) is 0. The molecule has 2 nitrogen and oxygen atoms in total.